The monoisotopic (exact) mass is 734 g/mol. The fraction of sp³-hybridized carbons (Fsp3) is 0.303. The summed E-state index contributed by atoms with van der Waals surface area (Å²) in [6.45, 7) is 8.07. The number of nitrogens with zero attached hydrogens (tertiary/aromatic N) is 2. The molecule has 211 valence electrons. The molecule has 0 atom stereocenters. The molecule has 1 radical (unpaired) electrons. The molecule has 0 aliphatic rings. The number of allylic oxidation sites excluding steroid dienone is 2. The SMILES string of the molecule is CCC(CC)C(=O)/C=C(\O)C(CC)CC.Fc1c2ccccc2cc2c(-c3[c-]c4ccccc4s3)ncnc12.[Ir]. The molecular weight excluding hydrogens is 700 g/mol. The predicted molar refractivity (Wildman–Crippen MR) is 161 cm³/mol. The van der Waals surface area contributed by atoms with Gasteiger partial charge in [0.2, 0.25) is 0 Å². The van der Waals surface area contributed by atoms with Crippen LogP contribution in [0.2, 0.25) is 0 Å². The summed E-state index contributed by atoms with van der Waals surface area (Å²) in [5, 5.41) is 13.0. The zero-order chi connectivity index (χ0) is 27.9. The second-order valence-electron chi connectivity index (χ2n) is 9.58. The second kappa shape index (κ2) is 14.6. The molecule has 3 aromatic carbocycles. The first-order valence-corrected chi connectivity index (χ1v) is 14.4. The maximum absolute atomic E-state index is 14.9. The standard InChI is InChI=1S/C20H10FN2S.C13H24O2.Ir/c21-18-14-7-3-1-5-12(14)9-15-19(22-11-23-20(15)18)17-10-13-6-2-4-8-16(13)24-17;1-5-10(6-2)12(14)9-13(15)11(7-3)8-4;/h1-9,11H;9-11,14H,5-8H2,1-4H3;/q-1;;/b;12-9-;. The van der Waals surface area contributed by atoms with Gasteiger partial charge in [-0.3, -0.25) is 9.78 Å². The molecule has 0 aliphatic heterocycles. The Hall–Kier alpha value is -2.99. The number of hydrogen-bond donors (Lipinski definition) is 1. The summed E-state index contributed by atoms with van der Waals surface area (Å²) in [5.74, 6) is 0.249. The number of fused-ring (bicyclic) bond motifs is 3. The zero-order valence-electron chi connectivity index (χ0n) is 23.2. The van der Waals surface area contributed by atoms with Crippen molar-refractivity contribution in [1.82, 2.24) is 9.97 Å². The molecule has 5 rings (SSSR count). The van der Waals surface area contributed by atoms with Crippen LogP contribution in [0.1, 0.15) is 53.4 Å². The van der Waals surface area contributed by atoms with Crippen molar-refractivity contribution in [3.8, 4) is 10.6 Å². The Morgan fingerprint density at radius 2 is 1.60 bits per heavy atom. The zero-order valence-corrected chi connectivity index (χ0v) is 26.4. The minimum atomic E-state index is -0.298. The number of hydrogen-bond acceptors (Lipinski definition) is 5. The van der Waals surface area contributed by atoms with Crippen molar-refractivity contribution >= 4 is 48.9 Å². The molecule has 2 aromatic heterocycles. The van der Waals surface area contributed by atoms with Gasteiger partial charge in [0.15, 0.2) is 11.6 Å². The van der Waals surface area contributed by atoms with E-state index in [0.29, 0.717) is 10.9 Å². The van der Waals surface area contributed by atoms with Gasteiger partial charge in [-0.1, -0.05) is 70.2 Å². The number of aliphatic hydroxyl groups excluding tert-OH is 1. The molecule has 4 nitrogen and oxygen atoms in total. The molecule has 0 amide bonds. The summed E-state index contributed by atoms with van der Waals surface area (Å²) in [5.41, 5.74) is 1.08. The Morgan fingerprint density at radius 1 is 0.950 bits per heavy atom. The van der Waals surface area contributed by atoms with Gasteiger partial charge in [-0.2, -0.15) is 0 Å². The van der Waals surface area contributed by atoms with Gasteiger partial charge in [0, 0.05) is 49.1 Å². The number of thiophene rings is 1. The average molecular weight is 734 g/mol. The minimum Gasteiger partial charge on any atom is -0.512 e. The van der Waals surface area contributed by atoms with Crippen LogP contribution >= 0.6 is 11.3 Å². The smallest absolute Gasteiger partial charge is 0.162 e. The fourth-order valence-corrected chi connectivity index (χ4v) is 5.81. The Kier molecular flexibility index (Phi) is 11.5. The third kappa shape index (κ3) is 6.83. The Labute approximate surface area is 252 Å². The van der Waals surface area contributed by atoms with E-state index in [1.165, 1.54) is 12.4 Å². The van der Waals surface area contributed by atoms with Crippen LogP contribution in [0.3, 0.4) is 0 Å². The average Bonchev–Trinajstić information content (AvgIpc) is 3.39. The van der Waals surface area contributed by atoms with Crippen molar-refractivity contribution in [3.63, 3.8) is 0 Å². The maximum atomic E-state index is 14.9. The summed E-state index contributed by atoms with van der Waals surface area (Å²) in [4.78, 5) is 21.2. The van der Waals surface area contributed by atoms with Crippen LogP contribution in [0.5, 0.6) is 0 Å². The van der Waals surface area contributed by atoms with E-state index in [4.69, 9.17) is 0 Å². The number of rotatable bonds is 8. The van der Waals surface area contributed by atoms with E-state index >= 15 is 0 Å². The molecule has 0 unspecified atom stereocenters. The van der Waals surface area contributed by atoms with Crippen LogP contribution in [0.15, 0.2) is 72.8 Å². The first-order chi connectivity index (χ1) is 18.9. The minimum absolute atomic E-state index is 0. The molecule has 0 spiro atoms. The number of carbonyl (C=O) groups excluding carboxylic acids is 1. The summed E-state index contributed by atoms with van der Waals surface area (Å²) >= 11 is 1.61. The molecular formula is C33H34FIrN2O2S-. The summed E-state index contributed by atoms with van der Waals surface area (Å²) in [6, 6.07) is 20.8. The number of ketones is 1. The van der Waals surface area contributed by atoms with Gasteiger partial charge in [-0.25, -0.2) is 20.7 Å². The van der Waals surface area contributed by atoms with E-state index in [-0.39, 0.29) is 49.3 Å². The van der Waals surface area contributed by atoms with Crippen molar-refractivity contribution in [2.24, 2.45) is 11.8 Å². The van der Waals surface area contributed by atoms with Gasteiger partial charge >= 0.3 is 0 Å². The third-order valence-corrected chi connectivity index (χ3v) is 8.31. The van der Waals surface area contributed by atoms with Crippen molar-refractivity contribution in [2.75, 3.05) is 0 Å². The van der Waals surface area contributed by atoms with E-state index in [2.05, 4.69) is 22.1 Å². The summed E-state index contributed by atoms with van der Waals surface area (Å²) in [7, 11) is 0. The van der Waals surface area contributed by atoms with Gasteiger partial charge in [-0.15, -0.1) is 23.6 Å². The Bertz CT molecular complexity index is 1590. The predicted octanol–water partition coefficient (Wildman–Crippen LogP) is 9.47. The van der Waals surface area contributed by atoms with Crippen LogP contribution in [0.4, 0.5) is 4.39 Å². The molecule has 0 saturated carbocycles. The second-order valence-corrected chi connectivity index (χ2v) is 10.6. The molecule has 0 fully saturated rings. The van der Waals surface area contributed by atoms with E-state index in [0.717, 1.165) is 57.1 Å². The summed E-state index contributed by atoms with van der Waals surface area (Å²) in [6.07, 6.45) is 6.33. The molecule has 0 saturated heterocycles. The fourth-order valence-electron chi connectivity index (χ4n) is 4.80. The first-order valence-electron chi connectivity index (χ1n) is 13.6. The Balaban J connectivity index is 0.000000243. The van der Waals surface area contributed by atoms with Crippen LogP contribution < -0.4 is 0 Å². The van der Waals surface area contributed by atoms with Crippen molar-refractivity contribution in [2.45, 2.75) is 53.4 Å². The first kappa shape index (κ1) is 31.5. The Morgan fingerprint density at radius 3 is 2.27 bits per heavy atom. The molecule has 0 aliphatic carbocycles. The molecule has 5 aromatic rings. The largest absolute Gasteiger partial charge is 0.512 e. The number of benzene rings is 3. The van der Waals surface area contributed by atoms with Crippen LogP contribution in [-0.2, 0) is 24.9 Å². The van der Waals surface area contributed by atoms with E-state index in [1.54, 1.807) is 17.4 Å². The van der Waals surface area contributed by atoms with Crippen LogP contribution in [0, 0.1) is 23.7 Å². The van der Waals surface area contributed by atoms with E-state index in [9.17, 15) is 14.3 Å². The molecule has 1 N–H and O–H groups in total. The topological polar surface area (TPSA) is 63.1 Å². The number of carbonyl (C=O) groups is 1. The number of halogens is 1. The van der Waals surface area contributed by atoms with Crippen molar-refractivity contribution < 1.29 is 34.4 Å². The maximum Gasteiger partial charge on any atom is 0.162 e. The normalized spacial score (nSPS) is 11.6. The van der Waals surface area contributed by atoms with E-state index in [1.807, 2.05) is 70.2 Å². The van der Waals surface area contributed by atoms with Crippen LogP contribution in [0.25, 0.3) is 42.3 Å². The number of aliphatic hydroxyl groups is 1. The van der Waals surface area contributed by atoms with E-state index < -0.39 is 0 Å². The van der Waals surface area contributed by atoms with Gasteiger partial charge in [0.05, 0.1) is 5.76 Å². The molecule has 40 heavy (non-hydrogen) atoms. The number of aromatic nitrogens is 2. The van der Waals surface area contributed by atoms with Crippen LogP contribution in [-0.4, -0.2) is 20.9 Å². The molecule has 0 bridgehead atoms. The van der Waals surface area contributed by atoms with Gasteiger partial charge in [-0.05, 0) is 46.0 Å². The quantitative estimate of drug-likeness (QED) is 0.0748. The van der Waals surface area contributed by atoms with Gasteiger partial charge in [0.1, 0.15) is 11.8 Å². The van der Waals surface area contributed by atoms with Gasteiger partial charge < -0.3 is 5.11 Å². The van der Waals surface area contributed by atoms with Gasteiger partial charge in [0.25, 0.3) is 0 Å². The third-order valence-electron chi connectivity index (χ3n) is 7.23. The molecule has 7 heteroatoms. The van der Waals surface area contributed by atoms with Crippen molar-refractivity contribution in [1.29, 1.82) is 0 Å². The summed E-state index contributed by atoms with van der Waals surface area (Å²) < 4.78 is 16.0. The van der Waals surface area contributed by atoms with Crippen molar-refractivity contribution in [3.05, 3.63) is 84.6 Å². The molecule has 2 heterocycles.